The fourth-order valence-electron chi connectivity index (χ4n) is 3.06. The summed E-state index contributed by atoms with van der Waals surface area (Å²) < 4.78 is 0. The molecule has 1 aliphatic rings. The van der Waals surface area contributed by atoms with E-state index in [1.54, 1.807) is 30.3 Å². The summed E-state index contributed by atoms with van der Waals surface area (Å²) in [5, 5.41) is 11.9. The minimum atomic E-state index is -0.879. The molecule has 0 atom stereocenters. The molecular weight excluding hydrogens is 336 g/mol. The molecule has 1 heterocycles. The molecule has 4 nitrogen and oxygen atoms in total. The van der Waals surface area contributed by atoms with Gasteiger partial charge >= 0.3 is 5.97 Å². The molecule has 0 spiro atoms. The fraction of sp³-hybridized carbons (Fsp3) is 0.652. The molecule has 27 heavy (non-hydrogen) atoms. The zero-order valence-electron chi connectivity index (χ0n) is 16.9. The van der Waals surface area contributed by atoms with Crippen LogP contribution in [0, 0.1) is 0 Å². The van der Waals surface area contributed by atoms with E-state index in [1.807, 2.05) is 0 Å². The number of hydrogen-bond acceptors (Lipinski definition) is 3. The molecule has 4 heteroatoms. The van der Waals surface area contributed by atoms with Gasteiger partial charge in [-0.1, -0.05) is 63.1 Å². The van der Waals surface area contributed by atoms with Gasteiger partial charge in [0.15, 0.2) is 0 Å². The molecule has 0 radical (unpaired) electrons. The van der Waals surface area contributed by atoms with Crippen molar-refractivity contribution in [3.8, 4) is 0 Å². The largest absolute Gasteiger partial charge is 0.478 e. The summed E-state index contributed by atoms with van der Waals surface area (Å²) in [6, 6.07) is 8.30. The second kappa shape index (κ2) is 17.7. The monoisotopic (exact) mass is 374 g/mol. The molecule has 152 valence electrons. The summed E-state index contributed by atoms with van der Waals surface area (Å²) in [4.78, 5) is 14.7. The standard InChI is InChI=1S/C16H32N2.C7H6O2/c1-2-4-6-10-14-18-16-12-8-7-11-15-17-13-9-5-3-1;8-7(9)6-4-2-1-3-5-6/h15,18H,1-14,16H2;1-5H,(H,8,9)/b17-15+;. The normalized spacial score (nSPS) is 19.6. The second-order valence-corrected chi connectivity index (χ2v) is 7.19. The Labute approximate surface area is 165 Å². The van der Waals surface area contributed by atoms with E-state index in [0.29, 0.717) is 5.56 Å². The number of benzene rings is 1. The van der Waals surface area contributed by atoms with Gasteiger partial charge in [-0.15, -0.1) is 0 Å². The van der Waals surface area contributed by atoms with Gasteiger partial charge in [0.1, 0.15) is 0 Å². The molecule has 0 aromatic heterocycles. The summed E-state index contributed by atoms with van der Waals surface area (Å²) in [5.74, 6) is -0.879. The Balaban J connectivity index is 0.000000337. The summed E-state index contributed by atoms with van der Waals surface area (Å²) in [7, 11) is 0. The summed E-state index contributed by atoms with van der Waals surface area (Å²) >= 11 is 0. The van der Waals surface area contributed by atoms with Crippen LogP contribution >= 0.6 is 0 Å². The van der Waals surface area contributed by atoms with E-state index in [-0.39, 0.29) is 0 Å². The van der Waals surface area contributed by atoms with E-state index >= 15 is 0 Å². The van der Waals surface area contributed by atoms with Crippen LogP contribution < -0.4 is 5.32 Å². The number of hydrogen-bond donors (Lipinski definition) is 2. The number of nitrogens with zero attached hydrogens (tertiary/aromatic N) is 1. The predicted octanol–water partition coefficient (Wildman–Crippen LogP) is 5.73. The van der Waals surface area contributed by atoms with Gasteiger partial charge in [0.05, 0.1) is 5.56 Å². The SMILES string of the molecule is C1=N/CCCCCCCCCCNCCCCC/1.O=C(O)c1ccccc1. The average Bonchev–Trinajstić information content (AvgIpc) is 2.69. The minimum absolute atomic E-state index is 0.331. The lowest BCUT2D eigenvalue weighted by Gasteiger charge is -2.05. The fourth-order valence-corrected chi connectivity index (χ4v) is 3.06. The number of rotatable bonds is 1. The highest BCUT2D eigenvalue weighted by Gasteiger charge is 1.97. The van der Waals surface area contributed by atoms with Crippen molar-refractivity contribution < 1.29 is 9.90 Å². The Kier molecular flexibility index (Phi) is 15.3. The third-order valence-electron chi connectivity index (χ3n) is 4.73. The number of carboxylic acid groups (broad SMARTS) is 1. The molecule has 2 rings (SSSR count). The van der Waals surface area contributed by atoms with E-state index < -0.39 is 5.97 Å². The Morgan fingerprint density at radius 3 is 1.93 bits per heavy atom. The molecular formula is C23H38N2O2. The third kappa shape index (κ3) is 15.1. The van der Waals surface area contributed by atoms with E-state index in [0.717, 1.165) is 6.54 Å². The van der Waals surface area contributed by atoms with Gasteiger partial charge in [0.25, 0.3) is 0 Å². The van der Waals surface area contributed by atoms with Gasteiger partial charge < -0.3 is 10.4 Å². The first-order chi connectivity index (χ1) is 13.3. The molecule has 0 saturated heterocycles. The molecule has 0 unspecified atom stereocenters. The van der Waals surface area contributed by atoms with Gasteiger partial charge in [-0.2, -0.15) is 0 Å². The van der Waals surface area contributed by atoms with Crippen LogP contribution in [0.2, 0.25) is 0 Å². The highest BCUT2D eigenvalue weighted by molar-refractivity contribution is 5.87. The van der Waals surface area contributed by atoms with Crippen LogP contribution in [0.3, 0.4) is 0 Å². The maximum Gasteiger partial charge on any atom is 0.335 e. The van der Waals surface area contributed by atoms with Gasteiger partial charge in [0.2, 0.25) is 0 Å². The van der Waals surface area contributed by atoms with Crippen molar-refractivity contribution in [1.29, 1.82) is 0 Å². The molecule has 0 aliphatic carbocycles. The van der Waals surface area contributed by atoms with E-state index in [1.165, 1.54) is 90.1 Å². The molecule has 0 bridgehead atoms. The molecule has 1 aromatic rings. The van der Waals surface area contributed by atoms with Crippen LogP contribution in [0.4, 0.5) is 0 Å². The van der Waals surface area contributed by atoms with Crippen LogP contribution in [0.1, 0.15) is 87.4 Å². The predicted molar refractivity (Wildman–Crippen MR) is 115 cm³/mol. The van der Waals surface area contributed by atoms with Gasteiger partial charge in [0, 0.05) is 6.54 Å². The lowest BCUT2D eigenvalue weighted by atomic mass is 10.1. The van der Waals surface area contributed by atoms with Gasteiger partial charge in [-0.25, -0.2) is 4.79 Å². The Morgan fingerprint density at radius 2 is 1.33 bits per heavy atom. The van der Waals surface area contributed by atoms with Crippen LogP contribution in [0.25, 0.3) is 0 Å². The maximum absolute atomic E-state index is 10.2. The number of carboxylic acids is 1. The van der Waals surface area contributed by atoms with Crippen molar-refractivity contribution in [3.05, 3.63) is 35.9 Å². The molecule has 0 fully saturated rings. The Hall–Kier alpha value is -1.68. The van der Waals surface area contributed by atoms with E-state index in [4.69, 9.17) is 5.11 Å². The molecule has 1 aliphatic heterocycles. The van der Waals surface area contributed by atoms with Crippen molar-refractivity contribution in [2.45, 2.75) is 77.0 Å². The van der Waals surface area contributed by atoms with Crippen LogP contribution in [0.5, 0.6) is 0 Å². The third-order valence-corrected chi connectivity index (χ3v) is 4.73. The number of carbonyl (C=O) groups is 1. The van der Waals surface area contributed by atoms with Crippen molar-refractivity contribution in [2.75, 3.05) is 19.6 Å². The lowest BCUT2D eigenvalue weighted by molar-refractivity contribution is 0.0697. The van der Waals surface area contributed by atoms with Crippen molar-refractivity contribution >= 4 is 12.2 Å². The highest BCUT2D eigenvalue weighted by Crippen LogP contribution is 2.08. The van der Waals surface area contributed by atoms with E-state index in [9.17, 15) is 4.79 Å². The molecule has 2 N–H and O–H groups in total. The van der Waals surface area contributed by atoms with Crippen molar-refractivity contribution in [3.63, 3.8) is 0 Å². The minimum Gasteiger partial charge on any atom is -0.478 e. The Bertz CT molecular complexity index is 468. The van der Waals surface area contributed by atoms with Crippen molar-refractivity contribution in [1.82, 2.24) is 5.32 Å². The molecule has 0 saturated carbocycles. The van der Waals surface area contributed by atoms with Crippen LogP contribution in [0.15, 0.2) is 35.3 Å². The Morgan fingerprint density at radius 1 is 0.778 bits per heavy atom. The maximum atomic E-state index is 10.2. The number of aliphatic imine (C=N–C) groups is 1. The van der Waals surface area contributed by atoms with Gasteiger partial charge in [-0.3, -0.25) is 4.99 Å². The summed E-state index contributed by atoms with van der Waals surface area (Å²) in [6.07, 6.45) is 18.5. The number of aromatic carboxylic acids is 1. The van der Waals surface area contributed by atoms with Crippen molar-refractivity contribution in [2.24, 2.45) is 4.99 Å². The lowest BCUT2D eigenvalue weighted by Crippen LogP contribution is -2.16. The first-order valence-electron chi connectivity index (χ1n) is 10.8. The first kappa shape index (κ1) is 23.4. The van der Waals surface area contributed by atoms with Gasteiger partial charge in [-0.05, 0) is 63.5 Å². The quantitative estimate of drug-likeness (QED) is 0.660. The van der Waals surface area contributed by atoms with Crippen LogP contribution in [-0.4, -0.2) is 36.9 Å². The zero-order valence-corrected chi connectivity index (χ0v) is 16.9. The molecule has 0 amide bonds. The highest BCUT2D eigenvalue weighted by atomic mass is 16.4. The smallest absolute Gasteiger partial charge is 0.335 e. The van der Waals surface area contributed by atoms with E-state index in [2.05, 4.69) is 16.5 Å². The first-order valence-corrected chi connectivity index (χ1v) is 10.8. The molecule has 1 aromatic carbocycles. The van der Waals surface area contributed by atoms with Crippen LogP contribution in [-0.2, 0) is 0 Å². The topological polar surface area (TPSA) is 61.7 Å². The second-order valence-electron chi connectivity index (χ2n) is 7.19. The zero-order chi connectivity index (χ0) is 19.4. The number of nitrogens with one attached hydrogen (secondary N) is 1. The summed E-state index contributed by atoms with van der Waals surface area (Å²) in [6.45, 7) is 3.49. The average molecular weight is 375 g/mol. The summed E-state index contributed by atoms with van der Waals surface area (Å²) in [5.41, 5.74) is 0.331.